The quantitative estimate of drug-likeness (QED) is 0.517. The van der Waals surface area contributed by atoms with Crippen LogP contribution in [0.15, 0.2) is 48.5 Å². The Hall–Kier alpha value is -1.23. The minimum atomic E-state index is -0.381. The van der Waals surface area contributed by atoms with Gasteiger partial charge < -0.3 is 4.74 Å². The SMILES string of the molecule is Fc1ccc[c-]c1OCc1ccccc1.[Li+]. The van der Waals surface area contributed by atoms with E-state index in [1.165, 1.54) is 6.07 Å². The van der Waals surface area contributed by atoms with Crippen LogP contribution in [0.4, 0.5) is 4.39 Å². The van der Waals surface area contributed by atoms with Gasteiger partial charge in [0.25, 0.3) is 0 Å². The van der Waals surface area contributed by atoms with Crippen molar-refractivity contribution >= 4 is 0 Å². The molecule has 3 heteroatoms. The van der Waals surface area contributed by atoms with Crippen molar-refractivity contribution in [3.8, 4) is 5.75 Å². The van der Waals surface area contributed by atoms with Gasteiger partial charge in [0.2, 0.25) is 0 Å². The van der Waals surface area contributed by atoms with E-state index in [4.69, 9.17) is 4.74 Å². The van der Waals surface area contributed by atoms with E-state index in [1.807, 2.05) is 30.3 Å². The Balaban J connectivity index is 0.00000128. The van der Waals surface area contributed by atoms with E-state index in [1.54, 1.807) is 12.1 Å². The Kier molecular flexibility index (Phi) is 5.11. The van der Waals surface area contributed by atoms with E-state index in [0.717, 1.165) is 5.56 Å². The zero-order chi connectivity index (χ0) is 10.5. The van der Waals surface area contributed by atoms with Gasteiger partial charge in [-0.25, -0.2) is 0 Å². The van der Waals surface area contributed by atoms with Crippen molar-refractivity contribution in [1.82, 2.24) is 0 Å². The first kappa shape index (κ1) is 12.8. The topological polar surface area (TPSA) is 9.23 Å². The van der Waals surface area contributed by atoms with E-state index in [9.17, 15) is 4.39 Å². The second-order valence-corrected chi connectivity index (χ2v) is 3.12. The van der Waals surface area contributed by atoms with Gasteiger partial charge in [-0.15, -0.1) is 12.1 Å². The fourth-order valence-corrected chi connectivity index (χ4v) is 1.24. The number of para-hydroxylation sites is 1. The summed E-state index contributed by atoms with van der Waals surface area (Å²) in [7, 11) is 0. The standard InChI is InChI=1S/C13H10FO.Li/c14-12-8-4-5-9-13(12)15-10-11-6-2-1-3-7-11;/h1-8H,10H2;/q-1;+1. The summed E-state index contributed by atoms with van der Waals surface area (Å²) in [5, 5.41) is 0. The van der Waals surface area contributed by atoms with Crippen molar-refractivity contribution in [3.05, 3.63) is 66.0 Å². The van der Waals surface area contributed by atoms with E-state index >= 15 is 0 Å². The van der Waals surface area contributed by atoms with Gasteiger partial charge in [-0.1, -0.05) is 30.3 Å². The minimum Gasteiger partial charge on any atom is -0.512 e. The molecule has 2 aromatic rings. The third kappa shape index (κ3) is 3.41. The van der Waals surface area contributed by atoms with Gasteiger partial charge in [-0.2, -0.15) is 12.1 Å². The first-order chi connectivity index (χ1) is 7.36. The number of ether oxygens (including phenoxy) is 1. The zero-order valence-electron chi connectivity index (χ0n) is 9.11. The number of halogens is 1. The summed E-state index contributed by atoms with van der Waals surface area (Å²) >= 11 is 0. The molecule has 76 valence electrons. The summed E-state index contributed by atoms with van der Waals surface area (Å²) < 4.78 is 18.4. The summed E-state index contributed by atoms with van der Waals surface area (Å²) in [6.45, 7) is 0.359. The number of hydrogen-bond acceptors (Lipinski definition) is 1. The molecule has 0 saturated heterocycles. The molecule has 0 unspecified atom stereocenters. The van der Waals surface area contributed by atoms with Crippen LogP contribution >= 0.6 is 0 Å². The van der Waals surface area contributed by atoms with E-state index < -0.39 is 0 Å². The summed E-state index contributed by atoms with van der Waals surface area (Å²) in [6, 6.07) is 16.9. The van der Waals surface area contributed by atoms with E-state index in [-0.39, 0.29) is 30.4 Å². The molecular weight excluding hydrogens is 198 g/mol. The maximum absolute atomic E-state index is 13.1. The Morgan fingerprint density at radius 2 is 1.81 bits per heavy atom. The van der Waals surface area contributed by atoms with Crippen molar-refractivity contribution in [2.45, 2.75) is 6.61 Å². The maximum atomic E-state index is 13.1. The van der Waals surface area contributed by atoms with Crippen LogP contribution in [0.25, 0.3) is 0 Å². The molecule has 0 amide bonds. The smallest absolute Gasteiger partial charge is 0.512 e. The van der Waals surface area contributed by atoms with Crippen LogP contribution in [0.3, 0.4) is 0 Å². The van der Waals surface area contributed by atoms with Crippen LogP contribution in [-0.2, 0) is 6.61 Å². The van der Waals surface area contributed by atoms with Gasteiger partial charge in [0.1, 0.15) is 6.61 Å². The first-order valence-corrected chi connectivity index (χ1v) is 4.69. The first-order valence-electron chi connectivity index (χ1n) is 4.69. The minimum absolute atomic E-state index is 0. The van der Waals surface area contributed by atoms with Crippen LogP contribution in [0, 0.1) is 11.9 Å². The molecule has 2 rings (SSSR count). The van der Waals surface area contributed by atoms with Crippen molar-refractivity contribution < 1.29 is 28.0 Å². The summed E-state index contributed by atoms with van der Waals surface area (Å²) in [5.41, 5.74) is 1.01. The monoisotopic (exact) mass is 208 g/mol. The maximum Gasteiger partial charge on any atom is 1.00 e. The summed E-state index contributed by atoms with van der Waals surface area (Å²) in [6.07, 6.45) is 0. The number of rotatable bonds is 3. The van der Waals surface area contributed by atoms with Gasteiger partial charge in [0.05, 0.1) is 0 Å². The number of benzene rings is 2. The molecule has 0 atom stereocenters. The number of hydrogen-bond donors (Lipinski definition) is 0. The molecule has 0 bridgehead atoms. The normalized spacial score (nSPS) is 9.31. The van der Waals surface area contributed by atoms with Gasteiger partial charge >= 0.3 is 18.9 Å². The average Bonchev–Trinajstić information content (AvgIpc) is 2.29. The van der Waals surface area contributed by atoms with Crippen molar-refractivity contribution in [3.63, 3.8) is 0 Å². The van der Waals surface area contributed by atoms with Crippen LogP contribution in [0.1, 0.15) is 5.56 Å². The average molecular weight is 208 g/mol. The second-order valence-electron chi connectivity index (χ2n) is 3.12. The molecule has 0 radical (unpaired) electrons. The fourth-order valence-electron chi connectivity index (χ4n) is 1.24. The predicted octanol–water partition coefficient (Wildman–Crippen LogP) is 0.209. The molecule has 1 nitrogen and oxygen atoms in total. The van der Waals surface area contributed by atoms with Gasteiger partial charge in [0, 0.05) is 11.6 Å². The molecule has 0 aromatic heterocycles. The molecule has 0 N–H and O–H groups in total. The van der Waals surface area contributed by atoms with Crippen LogP contribution in [-0.4, -0.2) is 0 Å². The molecule has 0 aliphatic rings. The molecule has 16 heavy (non-hydrogen) atoms. The molecule has 2 aromatic carbocycles. The van der Waals surface area contributed by atoms with Crippen molar-refractivity contribution in [2.24, 2.45) is 0 Å². The largest absolute Gasteiger partial charge is 1.00 e. The third-order valence-electron chi connectivity index (χ3n) is 2.00. The van der Waals surface area contributed by atoms with Crippen molar-refractivity contribution in [2.75, 3.05) is 0 Å². The zero-order valence-corrected chi connectivity index (χ0v) is 9.11. The molecule has 0 heterocycles. The summed E-state index contributed by atoms with van der Waals surface area (Å²) in [5.74, 6) is -0.213. The second kappa shape index (κ2) is 6.37. The fraction of sp³-hybridized carbons (Fsp3) is 0.0769. The van der Waals surface area contributed by atoms with Gasteiger partial charge in [-0.05, 0) is 5.56 Å². The van der Waals surface area contributed by atoms with Crippen molar-refractivity contribution in [1.29, 1.82) is 0 Å². The predicted molar refractivity (Wildman–Crippen MR) is 56.0 cm³/mol. The molecule has 0 aliphatic heterocycles. The van der Waals surface area contributed by atoms with Crippen LogP contribution < -0.4 is 23.6 Å². The Morgan fingerprint density at radius 1 is 1.06 bits per heavy atom. The van der Waals surface area contributed by atoms with E-state index in [0.29, 0.717) is 6.61 Å². The van der Waals surface area contributed by atoms with E-state index in [2.05, 4.69) is 6.07 Å². The molecule has 0 aliphatic carbocycles. The Bertz CT molecular complexity index is 431. The molecule has 0 saturated carbocycles. The Morgan fingerprint density at radius 3 is 2.50 bits per heavy atom. The Labute approximate surface area is 106 Å². The van der Waals surface area contributed by atoms with Crippen LogP contribution in [0.2, 0.25) is 0 Å². The summed E-state index contributed by atoms with van der Waals surface area (Å²) in [4.78, 5) is 0. The molecular formula is C13H10FLiO. The third-order valence-corrected chi connectivity index (χ3v) is 2.00. The van der Waals surface area contributed by atoms with Crippen LogP contribution in [0.5, 0.6) is 5.75 Å². The molecule has 0 spiro atoms. The van der Waals surface area contributed by atoms with Gasteiger partial charge in [-0.3, -0.25) is 4.39 Å². The molecule has 0 fully saturated rings. The van der Waals surface area contributed by atoms with Gasteiger partial charge in [0.15, 0.2) is 0 Å².